The predicted molar refractivity (Wildman–Crippen MR) is 24.9 cm³/mol. The summed E-state index contributed by atoms with van der Waals surface area (Å²) in [5.74, 6) is 0. The van der Waals surface area contributed by atoms with Crippen LogP contribution in [0.1, 0.15) is 0 Å². The summed E-state index contributed by atoms with van der Waals surface area (Å²) in [7, 11) is 2.92. The average molecular weight is 106 g/mol. The Morgan fingerprint density at radius 2 is 2.14 bits per heavy atom. The highest BCUT2D eigenvalue weighted by Crippen LogP contribution is 1.80. The van der Waals surface area contributed by atoms with E-state index < -0.39 is 6.29 Å². The van der Waals surface area contributed by atoms with Gasteiger partial charge in [-0.3, -0.25) is 0 Å². The van der Waals surface area contributed by atoms with Crippen LogP contribution in [0.2, 0.25) is 0 Å². The van der Waals surface area contributed by atoms with Gasteiger partial charge in [-0.1, -0.05) is 0 Å². The number of aliphatic hydroxyl groups is 1. The van der Waals surface area contributed by atoms with Gasteiger partial charge in [0.2, 0.25) is 0 Å². The summed E-state index contributed by atoms with van der Waals surface area (Å²) in [6, 6.07) is 0. The molecule has 0 aromatic carbocycles. The first-order valence-electron chi connectivity index (χ1n) is 2.01. The Bertz CT molecular complexity index is 37.9. The van der Waals surface area contributed by atoms with Crippen molar-refractivity contribution in [3.8, 4) is 0 Å². The van der Waals surface area contributed by atoms with E-state index in [4.69, 9.17) is 5.11 Å². The van der Waals surface area contributed by atoms with Crippen LogP contribution in [0.5, 0.6) is 0 Å². The molecule has 0 aliphatic carbocycles. The molecule has 0 saturated heterocycles. The van der Waals surface area contributed by atoms with Crippen LogP contribution in [0.3, 0.4) is 0 Å². The minimum atomic E-state index is -0.773. The van der Waals surface area contributed by atoms with Crippen molar-refractivity contribution in [2.75, 3.05) is 20.8 Å². The predicted octanol–water partition coefficient (Wildman–Crippen LogP) is -0.402. The van der Waals surface area contributed by atoms with Crippen molar-refractivity contribution in [2.45, 2.75) is 6.29 Å². The maximum atomic E-state index is 8.51. The Morgan fingerprint density at radius 3 is 2.29 bits per heavy atom. The fraction of sp³-hybridized carbons (Fsp3) is 1.00. The van der Waals surface area contributed by atoms with Gasteiger partial charge in [0.1, 0.15) is 0 Å². The quantitative estimate of drug-likeness (QED) is 0.497. The van der Waals surface area contributed by atoms with Crippen molar-refractivity contribution in [2.24, 2.45) is 0 Å². The fourth-order valence-corrected chi connectivity index (χ4v) is 0.211. The van der Waals surface area contributed by atoms with Crippen LogP contribution >= 0.6 is 0 Å². The van der Waals surface area contributed by atoms with Crippen molar-refractivity contribution < 1.29 is 14.6 Å². The van der Waals surface area contributed by atoms with Gasteiger partial charge in [-0.2, -0.15) is 0 Å². The monoisotopic (exact) mass is 106 g/mol. The number of methoxy groups -OCH3 is 2. The topological polar surface area (TPSA) is 38.7 Å². The summed E-state index contributed by atoms with van der Waals surface area (Å²) in [5.41, 5.74) is 0. The zero-order valence-electron chi connectivity index (χ0n) is 4.55. The summed E-state index contributed by atoms with van der Waals surface area (Å²) in [5, 5.41) is 8.51. The molecule has 0 amide bonds. The van der Waals surface area contributed by atoms with E-state index in [0.29, 0.717) is 0 Å². The number of aliphatic hydroxyl groups excluding tert-OH is 1. The van der Waals surface area contributed by atoms with Gasteiger partial charge < -0.3 is 14.6 Å². The summed E-state index contributed by atoms with van der Waals surface area (Å²) >= 11 is 0. The molecule has 0 aromatic heterocycles. The van der Waals surface area contributed by atoms with Gasteiger partial charge in [-0.05, 0) is 0 Å². The molecule has 0 aromatic rings. The van der Waals surface area contributed by atoms with Crippen LogP contribution in [0, 0.1) is 0 Å². The van der Waals surface area contributed by atoms with Gasteiger partial charge >= 0.3 is 0 Å². The van der Waals surface area contributed by atoms with Crippen molar-refractivity contribution in [1.82, 2.24) is 0 Å². The first-order chi connectivity index (χ1) is 3.31. The molecule has 0 fully saturated rings. The minimum absolute atomic E-state index is 0.233. The second kappa shape index (κ2) is 4.05. The normalized spacial score (nSPS) is 14.1. The molecule has 0 rings (SSSR count). The van der Waals surface area contributed by atoms with Crippen LogP contribution in [-0.4, -0.2) is 32.2 Å². The SMILES string of the molecule is COCC(O)OC. The largest absolute Gasteiger partial charge is 0.379 e. The minimum Gasteiger partial charge on any atom is -0.379 e. The molecule has 0 spiro atoms. The third-order valence-corrected chi connectivity index (χ3v) is 0.581. The summed E-state index contributed by atoms with van der Waals surface area (Å²) in [6.07, 6.45) is -0.773. The molecule has 0 saturated carbocycles. The Hall–Kier alpha value is -0.120. The number of hydrogen-bond donors (Lipinski definition) is 1. The van der Waals surface area contributed by atoms with Crippen molar-refractivity contribution in [3.63, 3.8) is 0 Å². The Morgan fingerprint density at radius 1 is 1.57 bits per heavy atom. The number of ether oxygens (including phenoxy) is 2. The van der Waals surface area contributed by atoms with Gasteiger partial charge in [-0.15, -0.1) is 0 Å². The van der Waals surface area contributed by atoms with E-state index in [1.54, 1.807) is 0 Å². The second-order valence-corrected chi connectivity index (χ2v) is 1.15. The lowest BCUT2D eigenvalue weighted by atomic mass is 10.7. The number of hydrogen-bond acceptors (Lipinski definition) is 3. The van der Waals surface area contributed by atoms with Gasteiger partial charge in [0, 0.05) is 14.2 Å². The van der Waals surface area contributed by atoms with Crippen molar-refractivity contribution in [3.05, 3.63) is 0 Å². The molecule has 0 bridgehead atoms. The third kappa shape index (κ3) is 3.72. The molecule has 0 aliphatic rings. The zero-order valence-corrected chi connectivity index (χ0v) is 4.55. The average Bonchev–Trinajstić information content (AvgIpc) is 1.68. The van der Waals surface area contributed by atoms with Crippen LogP contribution < -0.4 is 0 Å². The Balaban J connectivity index is 2.83. The molecular formula is C4H10O3. The standard InChI is InChI=1S/C4H10O3/c1-6-3-4(5)7-2/h4-5H,3H2,1-2H3. The van der Waals surface area contributed by atoms with Crippen LogP contribution in [0.15, 0.2) is 0 Å². The van der Waals surface area contributed by atoms with Crippen LogP contribution in [0.25, 0.3) is 0 Å². The highest BCUT2D eigenvalue weighted by molar-refractivity contribution is 4.29. The highest BCUT2D eigenvalue weighted by Gasteiger charge is 1.95. The van der Waals surface area contributed by atoms with Gasteiger partial charge in [0.25, 0.3) is 0 Å². The van der Waals surface area contributed by atoms with Crippen molar-refractivity contribution in [1.29, 1.82) is 0 Å². The van der Waals surface area contributed by atoms with E-state index in [0.717, 1.165) is 0 Å². The van der Waals surface area contributed by atoms with E-state index in [1.165, 1.54) is 14.2 Å². The molecule has 3 nitrogen and oxygen atoms in total. The fourth-order valence-electron chi connectivity index (χ4n) is 0.211. The van der Waals surface area contributed by atoms with E-state index >= 15 is 0 Å². The Kier molecular flexibility index (Phi) is 3.98. The van der Waals surface area contributed by atoms with Gasteiger partial charge in [0.05, 0.1) is 6.61 Å². The first-order valence-corrected chi connectivity index (χ1v) is 2.01. The molecule has 0 heterocycles. The molecule has 7 heavy (non-hydrogen) atoms. The van der Waals surface area contributed by atoms with Crippen LogP contribution in [-0.2, 0) is 9.47 Å². The van der Waals surface area contributed by atoms with E-state index in [2.05, 4.69) is 9.47 Å². The van der Waals surface area contributed by atoms with E-state index in [9.17, 15) is 0 Å². The van der Waals surface area contributed by atoms with E-state index in [1.807, 2.05) is 0 Å². The molecule has 0 aliphatic heterocycles. The summed E-state index contributed by atoms with van der Waals surface area (Å²) in [4.78, 5) is 0. The Labute approximate surface area is 42.9 Å². The summed E-state index contributed by atoms with van der Waals surface area (Å²) in [6.45, 7) is 0.233. The molecule has 44 valence electrons. The summed E-state index contributed by atoms with van der Waals surface area (Å²) < 4.78 is 8.94. The van der Waals surface area contributed by atoms with E-state index in [-0.39, 0.29) is 6.61 Å². The lowest BCUT2D eigenvalue weighted by Gasteiger charge is -2.03. The van der Waals surface area contributed by atoms with Crippen LogP contribution in [0.4, 0.5) is 0 Å². The molecule has 3 heteroatoms. The molecule has 1 atom stereocenters. The smallest absolute Gasteiger partial charge is 0.177 e. The van der Waals surface area contributed by atoms with Gasteiger partial charge in [0.15, 0.2) is 6.29 Å². The number of rotatable bonds is 3. The second-order valence-electron chi connectivity index (χ2n) is 1.15. The third-order valence-electron chi connectivity index (χ3n) is 0.581. The highest BCUT2D eigenvalue weighted by atomic mass is 16.6. The maximum absolute atomic E-state index is 8.51. The molecular weight excluding hydrogens is 96.0 g/mol. The molecule has 1 unspecified atom stereocenters. The lowest BCUT2D eigenvalue weighted by Crippen LogP contribution is -2.15. The molecule has 1 N–H and O–H groups in total. The lowest BCUT2D eigenvalue weighted by molar-refractivity contribution is -0.111. The van der Waals surface area contributed by atoms with Crippen molar-refractivity contribution >= 4 is 0 Å². The first kappa shape index (κ1) is 6.88. The molecule has 0 radical (unpaired) electrons. The van der Waals surface area contributed by atoms with Gasteiger partial charge in [-0.25, -0.2) is 0 Å². The maximum Gasteiger partial charge on any atom is 0.177 e. The zero-order chi connectivity index (χ0) is 5.70.